The molecule has 0 aromatic heterocycles. The molecular formula is C7H14N4O2. The maximum absolute atomic E-state index is 9.88. The van der Waals surface area contributed by atoms with Crippen molar-refractivity contribution in [2.24, 2.45) is 10.7 Å². The summed E-state index contributed by atoms with van der Waals surface area (Å²) >= 11 is 0. The van der Waals surface area contributed by atoms with Gasteiger partial charge in [-0.3, -0.25) is 0 Å². The fourth-order valence-corrected chi connectivity index (χ4v) is 0.573. The maximum Gasteiger partial charge on any atom is 0.251 e. The maximum atomic E-state index is 9.88. The Bertz CT molecular complexity index is 235. The average Bonchev–Trinajstić information content (AvgIpc) is 2.02. The monoisotopic (exact) mass is 186 g/mol. The van der Waals surface area contributed by atoms with Gasteiger partial charge in [0.15, 0.2) is 5.03 Å². The van der Waals surface area contributed by atoms with Crippen LogP contribution in [0.4, 0.5) is 0 Å². The first-order valence-electron chi connectivity index (χ1n) is 3.92. The number of guanidine groups is 1. The number of allylic oxidation sites excluding steroid dienone is 1. The summed E-state index contributed by atoms with van der Waals surface area (Å²) in [5.41, 5.74) is 8.10. The lowest BCUT2D eigenvalue weighted by Crippen LogP contribution is -2.36. The summed E-state index contributed by atoms with van der Waals surface area (Å²) in [6.45, 7) is 4.35. The zero-order valence-electron chi connectivity index (χ0n) is 7.78. The van der Waals surface area contributed by atoms with Gasteiger partial charge in [-0.05, 0) is 13.3 Å². The summed E-state index contributed by atoms with van der Waals surface area (Å²) in [6.07, 6.45) is 2.81. The standard InChI is InChI=1S/C7H14N4O2/c1-3-6(2)4-5-9-7(8)10-11(12)13/h4H,3,5H2,1-2H3,(H3,8,9,10). The Hall–Kier alpha value is -1.59. The largest absolute Gasteiger partial charge is 0.365 e. The van der Waals surface area contributed by atoms with Crippen molar-refractivity contribution in [3.63, 3.8) is 0 Å². The number of nitrogens with two attached hydrogens (primary N) is 1. The van der Waals surface area contributed by atoms with Gasteiger partial charge in [0, 0.05) is 0 Å². The number of aliphatic imine (C=N–C) groups is 1. The second kappa shape index (κ2) is 5.99. The van der Waals surface area contributed by atoms with Crippen LogP contribution in [0.5, 0.6) is 0 Å². The molecule has 0 radical (unpaired) electrons. The van der Waals surface area contributed by atoms with Crippen molar-refractivity contribution in [3.05, 3.63) is 21.8 Å². The molecule has 0 spiro atoms. The SMILES string of the molecule is CCC(C)=CCN=C(N)N[N+](=O)[O-]. The summed E-state index contributed by atoms with van der Waals surface area (Å²) in [7, 11) is 0. The van der Waals surface area contributed by atoms with Gasteiger partial charge in [-0.1, -0.05) is 24.0 Å². The number of nitrogens with zero attached hydrogens (tertiary/aromatic N) is 2. The molecule has 0 aliphatic rings. The quantitative estimate of drug-likeness (QED) is 0.219. The van der Waals surface area contributed by atoms with Gasteiger partial charge in [-0.25, -0.2) is 15.1 Å². The number of nitrogens with one attached hydrogen (secondary N) is 1. The van der Waals surface area contributed by atoms with Gasteiger partial charge in [-0.2, -0.15) is 0 Å². The molecular weight excluding hydrogens is 172 g/mol. The molecule has 13 heavy (non-hydrogen) atoms. The van der Waals surface area contributed by atoms with Crippen LogP contribution in [0.25, 0.3) is 0 Å². The smallest absolute Gasteiger partial charge is 0.251 e. The molecule has 0 bridgehead atoms. The van der Waals surface area contributed by atoms with Crippen LogP contribution >= 0.6 is 0 Å². The van der Waals surface area contributed by atoms with Crippen molar-refractivity contribution in [1.29, 1.82) is 0 Å². The summed E-state index contributed by atoms with van der Waals surface area (Å²) in [5.74, 6) is -0.176. The van der Waals surface area contributed by atoms with Crippen LogP contribution in [0.3, 0.4) is 0 Å². The first-order chi connectivity index (χ1) is 6.06. The van der Waals surface area contributed by atoms with E-state index in [2.05, 4.69) is 4.99 Å². The molecule has 0 amide bonds. The van der Waals surface area contributed by atoms with Gasteiger partial charge < -0.3 is 5.73 Å². The van der Waals surface area contributed by atoms with Crippen molar-refractivity contribution in [2.45, 2.75) is 20.3 Å². The van der Waals surface area contributed by atoms with Crippen LogP contribution in [-0.2, 0) is 0 Å². The lowest BCUT2D eigenvalue weighted by Gasteiger charge is -1.95. The molecule has 6 nitrogen and oxygen atoms in total. The number of nitro groups is 1. The Kier molecular flexibility index (Phi) is 5.25. The van der Waals surface area contributed by atoms with E-state index in [0.717, 1.165) is 6.42 Å². The van der Waals surface area contributed by atoms with Crippen LogP contribution in [0.2, 0.25) is 0 Å². The minimum absolute atomic E-state index is 0.176. The Labute approximate surface area is 76.6 Å². The summed E-state index contributed by atoms with van der Waals surface area (Å²) in [6, 6.07) is 0. The molecule has 0 aliphatic carbocycles. The number of hydrogen-bond acceptors (Lipinski definition) is 3. The van der Waals surface area contributed by atoms with Crippen molar-refractivity contribution >= 4 is 5.96 Å². The molecule has 0 unspecified atom stereocenters. The summed E-state index contributed by atoms with van der Waals surface area (Å²) in [5, 5.41) is 9.14. The third kappa shape index (κ3) is 6.79. The Morgan fingerprint density at radius 3 is 2.85 bits per heavy atom. The van der Waals surface area contributed by atoms with Crippen molar-refractivity contribution < 1.29 is 5.03 Å². The molecule has 0 saturated carbocycles. The molecule has 0 atom stereocenters. The molecule has 3 N–H and O–H groups in total. The highest BCUT2D eigenvalue weighted by Gasteiger charge is 1.96. The van der Waals surface area contributed by atoms with E-state index in [-0.39, 0.29) is 5.96 Å². The van der Waals surface area contributed by atoms with E-state index >= 15 is 0 Å². The highest BCUT2D eigenvalue weighted by atomic mass is 16.7. The normalized spacial score (nSPS) is 12.8. The Morgan fingerprint density at radius 2 is 2.38 bits per heavy atom. The molecule has 6 heteroatoms. The first kappa shape index (κ1) is 11.4. The van der Waals surface area contributed by atoms with E-state index in [1.54, 1.807) is 5.43 Å². The fraction of sp³-hybridized carbons (Fsp3) is 0.571. The average molecular weight is 186 g/mol. The predicted molar refractivity (Wildman–Crippen MR) is 50.7 cm³/mol. The zero-order valence-corrected chi connectivity index (χ0v) is 7.78. The lowest BCUT2D eigenvalue weighted by molar-refractivity contribution is -0.525. The van der Waals surface area contributed by atoms with E-state index in [1.165, 1.54) is 5.57 Å². The van der Waals surface area contributed by atoms with Gasteiger partial charge in [0.25, 0.3) is 5.96 Å². The van der Waals surface area contributed by atoms with Gasteiger partial charge in [0.05, 0.1) is 6.54 Å². The third-order valence-corrected chi connectivity index (χ3v) is 1.46. The Balaban J connectivity index is 3.90. The topological polar surface area (TPSA) is 93.5 Å². The molecule has 0 aromatic rings. The van der Waals surface area contributed by atoms with E-state index in [1.807, 2.05) is 19.9 Å². The number of hydrogen-bond donors (Lipinski definition) is 2. The minimum atomic E-state index is -0.741. The van der Waals surface area contributed by atoms with Gasteiger partial charge in [0.2, 0.25) is 0 Å². The molecule has 0 aliphatic heterocycles. The second-order valence-electron chi connectivity index (χ2n) is 2.50. The molecule has 0 heterocycles. The minimum Gasteiger partial charge on any atom is -0.365 e. The van der Waals surface area contributed by atoms with Crippen LogP contribution in [0.15, 0.2) is 16.6 Å². The van der Waals surface area contributed by atoms with Crippen molar-refractivity contribution in [2.75, 3.05) is 6.54 Å². The number of hydrazine groups is 1. The molecule has 0 fully saturated rings. The van der Waals surface area contributed by atoms with E-state index in [4.69, 9.17) is 5.73 Å². The first-order valence-corrected chi connectivity index (χ1v) is 3.92. The van der Waals surface area contributed by atoms with Crippen LogP contribution in [0.1, 0.15) is 20.3 Å². The van der Waals surface area contributed by atoms with Crippen molar-refractivity contribution in [3.8, 4) is 0 Å². The Morgan fingerprint density at radius 1 is 1.77 bits per heavy atom. The predicted octanol–water partition coefficient (Wildman–Crippen LogP) is 0.439. The van der Waals surface area contributed by atoms with E-state index in [9.17, 15) is 10.1 Å². The molecule has 0 aromatic carbocycles. The van der Waals surface area contributed by atoms with Gasteiger partial charge in [-0.15, -0.1) is 0 Å². The van der Waals surface area contributed by atoms with Crippen LogP contribution < -0.4 is 11.2 Å². The number of rotatable bonds is 4. The third-order valence-electron chi connectivity index (χ3n) is 1.46. The van der Waals surface area contributed by atoms with Gasteiger partial charge >= 0.3 is 0 Å². The highest BCUT2D eigenvalue weighted by molar-refractivity contribution is 5.76. The second-order valence-corrected chi connectivity index (χ2v) is 2.50. The highest BCUT2D eigenvalue weighted by Crippen LogP contribution is 1.96. The van der Waals surface area contributed by atoms with Crippen LogP contribution in [-0.4, -0.2) is 17.5 Å². The van der Waals surface area contributed by atoms with Crippen LogP contribution in [0, 0.1) is 10.1 Å². The summed E-state index contributed by atoms with van der Waals surface area (Å²) in [4.78, 5) is 13.6. The molecule has 74 valence electrons. The van der Waals surface area contributed by atoms with Gasteiger partial charge in [0.1, 0.15) is 0 Å². The fourth-order valence-electron chi connectivity index (χ4n) is 0.573. The molecule has 0 rings (SSSR count). The van der Waals surface area contributed by atoms with Crippen molar-refractivity contribution in [1.82, 2.24) is 5.43 Å². The zero-order chi connectivity index (χ0) is 10.3. The summed E-state index contributed by atoms with van der Waals surface area (Å²) < 4.78 is 0. The lowest BCUT2D eigenvalue weighted by atomic mass is 10.2. The molecule has 0 saturated heterocycles. The van der Waals surface area contributed by atoms with E-state index in [0.29, 0.717) is 6.54 Å². The van der Waals surface area contributed by atoms with E-state index < -0.39 is 5.03 Å².